The SMILES string of the molecule is CSC(=CC(=O)/C=C/c1ccc(/C=C/N=[N+]=[N-])cc1)SC. The van der Waals surface area contributed by atoms with Gasteiger partial charge in [-0.3, -0.25) is 4.79 Å². The Morgan fingerprint density at radius 2 is 1.71 bits per heavy atom. The number of thioether (sulfide) groups is 2. The van der Waals surface area contributed by atoms with Crippen LogP contribution >= 0.6 is 23.5 Å². The number of carbonyl (C=O) groups excluding carboxylic acids is 1. The van der Waals surface area contributed by atoms with Crippen molar-refractivity contribution in [1.29, 1.82) is 0 Å². The normalized spacial score (nSPS) is 10.6. The second-order valence-electron chi connectivity index (χ2n) is 3.79. The molecule has 6 heteroatoms. The van der Waals surface area contributed by atoms with E-state index in [0.717, 1.165) is 15.4 Å². The van der Waals surface area contributed by atoms with E-state index < -0.39 is 0 Å². The number of nitrogens with zero attached hydrogens (tertiary/aromatic N) is 3. The minimum atomic E-state index is -0.0268. The second kappa shape index (κ2) is 9.94. The molecule has 0 bridgehead atoms. The lowest BCUT2D eigenvalue weighted by atomic mass is 10.1. The molecule has 0 aromatic heterocycles. The summed E-state index contributed by atoms with van der Waals surface area (Å²) >= 11 is 3.12. The number of rotatable bonds is 7. The second-order valence-corrected chi connectivity index (χ2v) is 5.75. The average Bonchev–Trinajstić information content (AvgIpc) is 2.52. The van der Waals surface area contributed by atoms with Gasteiger partial charge in [0.2, 0.25) is 0 Å². The molecular formula is C15H15N3OS2. The van der Waals surface area contributed by atoms with E-state index >= 15 is 0 Å². The summed E-state index contributed by atoms with van der Waals surface area (Å²) in [6, 6.07) is 7.57. The topological polar surface area (TPSA) is 65.8 Å². The standard InChI is InChI=1S/C15H15N3OS2/c1-20-15(21-2)11-14(19)8-7-12-3-5-13(6-4-12)9-10-17-18-16/h3-11H,1-2H3/b8-7+,10-9+. The third-order valence-corrected chi connectivity index (χ3v) is 4.46. The summed E-state index contributed by atoms with van der Waals surface area (Å²) in [5.41, 5.74) is 10.0. The molecule has 0 N–H and O–H groups in total. The number of benzene rings is 1. The maximum Gasteiger partial charge on any atom is 0.180 e. The van der Waals surface area contributed by atoms with E-state index in [2.05, 4.69) is 10.0 Å². The van der Waals surface area contributed by atoms with Crippen LogP contribution in [0.5, 0.6) is 0 Å². The highest BCUT2D eigenvalue weighted by atomic mass is 32.2. The van der Waals surface area contributed by atoms with Crippen LogP contribution in [0.2, 0.25) is 0 Å². The summed E-state index contributed by atoms with van der Waals surface area (Å²) in [6.07, 6.45) is 12.0. The van der Waals surface area contributed by atoms with Gasteiger partial charge >= 0.3 is 0 Å². The van der Waals surface area contributed by atoms with Gasteiger partial charge in [-0.05, 0) is 35.2 Å². The summed E-state index contributed by atoms with van der Waals surface area (Å²) in [5, 5.41) is 3.32. The van der Waals surface area contributed by atoms with E-state index in [1.54, 1.807) is 47.8 Å². The number of hydrogen-bond acceptors (Lipinski definition) is 4. The maximum atomic E-state index is 11.7. The number of ketones is 1. The van der Waals surface area contributed by atoms with Gasteiger partial charge in [0, 0.05) is 21.4 Å². The molecule has 1 aromatic carbocycles. The molecule has 0 saturated carbocycles. The highest BCUT2D eigenvalue weighted by Crippen LogP contribution is 2.23. The van der Waals surface area contributed by atoms with Crippen LogP contribution in [0.15, 0.2) is 52.0 Å². The number of hydrogen-bond donors (Lipinski definition) is 0. The van der Waals surface area contributed by atoms with E-state index in [1.807, 2.05) is 36.8 Å². The Labute approximate surface area is 132 Å². The molecule has 108 valence electrons. The van der Waals surface area contributed by atoms with Gasteiger partial charge in [0.15, 0.2) is 5.78 Å². The molecule has 0 amide bonds. The Hall–Kier alpha value is -1.88. The summed E-state index contributed by atoms with van der Waals surface area (Å²) < 4.78 is 0.989. The van der Waals surface area contributed by atoms with E-state index in [1.165, 1.54) is 6.20 Å². The van der Waals surface area contributed by atoms with Gasteiger partial charge in [-0.1, -0.05) is 41.5 Å². The van der Waals surface area contributed by atoms with Crippen LogP contribution in [-0.4, -0.2) is 18.3 Å². The smallest absolute Gasteiger partial charge is 0.180 e. The third-order valence-electron chi connectivity index (χ3n) is 2.42. The first-order valence-electron chi connectivity index (χ1n) is 6.02. The van der Waals surface area contributed by atoms with Crippen LogP contribution in [0.3, 0.4) is 0 Å². The van der Waals surface area contributed by atoms with Crippen molar-refractivity contribution in [1.82, 2.24) is 0 Å². The molecule has 0 aliphatic carbocycles. The fourth-order valence-corrected chi connectivity index (χ4v) is 2.55. The summed E-state index contributed by atoms with van der Waals surface area (Å²) in [7, 11) is 0. The van der Waals surface area contributed by atoms with E-state index in [9.17, 15) is 4.79 Å². The predicted octanol–water partition coefficient (Wildman–Crippen LogP) is 5.12. The molecule has 0 radical (unpaired) electrons. The molecule has 1 aromatic rings. The number of allylic oxidation sites excluding steroid dienone is 2. The quantitative estimate of drug-likeness (QED) is 0.303. The van der Waals surface area contributed by atoms with Crippen molar-refractivity contribution < 1.29 is 4.79 Å². The van der Waals surface area contributed by atoms with E-state index in [0.29, 0.717) is 0 Å². The fraction of sp³-hybridized carbons (Fsp3) is 0.133. The summed E-state index contributed by atoms with van der Waals surface area (Å²) in [5.74, 6) is -0.0268. The maximum absolute atomic E-state index is 11.7. The highest BCUT2D eigenvalue weighted by Gasteiger charge is 1.96. The van der Waals surface area contributed by atoms with Gasteiger partial charge in [0.25, 0.3) is 0 Å². The molecule has 4 nitrogen and oxygen atoms in total. The predicted molar refractivity (Wildman–Crippen MR) is 93.8 cm³/mol. The van der Waals surface area contributed by atoms with Crippen LogP contribution in [0.25, 0.3) is 22.6 Å². The zero-order valence-electron chi connectivity index (χ0n) is 11.8. The largest absolute Gasteiger partial charge is 0.290 e. The molecule has 0 saturated heterocycles. The van der Waals surface area contributed by atoms with E-state index in [4.69, 9.17) is 5.53 Å². The number of azide groups is 1. The fourth-order valence-electron chi connectivity index (χ4n) is 1.41. The lowest BCUT2D eigenvalue weighted by Crippen LogP contribution is -1.86. The van der Waals surface area contributed by atoms with Gasteiger partial charge in [-0.25, -0.2) is 0 Å². The Balaban J connectivity index is 2.71. The molecule has 0 spiro atoms. The van der Waals surface area contributed by atoms with Crippen LogP contribution < -0.4 is 0 Å². The molecule has 0 heterocycles. The van der Waals surface area contributed by atoms with Crippen LogP contribution in [0.1, 0.15) is 11.1 Å². The summed E-state index contributed by atoms with van der Waals surface area (Å²) in [6.45, 7) is 0. The third kappa shape index (κ3) is 6.90. The van der Waals surface area contributed by atoms with Crippen molar-refractivity contribution in [3.05, 3.63) is 68.4 Å². The van der Waals surface area contributed by atoms with Crippen molar-refractivity contribution >= 4 is 41.5 Å². The van der Waals surface area contributed by atoms with Gasteiger partial charge in [-0.15, -0.1) is 23.5 Å². The molecule has 0 aliphatic rings. The zero-order chi connectivity index (χ0) is 15.5. The Bertz CT molecular complexity index is 606. The number of carbonyl (C=O) groups is 1. The minimum Gasteiger partial charge on any atom is -0.290 e. The Kier molecular flexibility index (Phi) is 8.12. The van der Waals surface area contributed by atoms with Crippen molar-refractivity contribution in [2.75, 3.05) is 12.5 Å². The lowest BCUT2D eigenvalue weighted by molar-refractivity contribution is -0.110. The molecule has 0 atom stereocenters. The average molecular weight is 317 g/mol. The van der Waals surface area contributed by atoms with Crippen molar-refractivity contribution in [3.63, 3.8) is 0 Å². The lowest BCUT2D eigenvalue weighted by Gasteiger charge is -1.97. The van der Waals surface area contributed by atoms with Crippen LogP contribution in [-0.2, 0) is 4.79 Å². The van der Waals surface area contributed by atoms with Gasteiger partial charge in [0.1, 0.15) is 0 Å². The molecule has 0 fully saturated rings. The van der Waals surface area contributed by atoms with Gasteiger partial charge in [-0.2, -0.15) is 0 Å². The Morgan fingerprint density at radius 3 is 2.24 bits per heavy atom. The highest BCUT2D eigenvalue weighted by molar-refractivity contribution is 8.21. The molecule has 0 aliphatic heterocycles. The molecule has 0 unspecified atom stereocenters. The first kappa shape index (κ1) is 17.2. The van der Waals surface area contributed by atoms with Crippen molar-refractivity contribution in [2.45, 2.75) is 0 Å². The first-order chi connectivity index (χ1) is 10.2. The molecule has 1 rings (SSSR count). The first-order valence-corrected chi connectivity index (χ1v) is 8.47. The van der Waals surface area contributed by atoms with Crippen molar-refractivity contribution in [3.8, 4) is 0 Å². The van der Waals surface area contributed by atoms with Crippen LogP contribution in [0, 0.1) is 0 Å². The van der Waals surface area contributed by atoms with Crippen molar-refractivity contribution in [2.24, 2.45) is 5.11 Å². The zero-order valence-corrected chi connectivity index (χ0v) is 13.4. The monoisotopic (exact) mass is 317 g/mol. The summed E-state index contributed by atoms with van der Waals surface area (Å²) in [4.78, 5) is 14.4. The molecular weight excluding hydrogens is 302 g/mol. The molecule has 21 heavy (non-hydrogen) atoms. The Morgan fingerprint density at radius 1 is 1.14 bits per heavy atom. The van der Waals surface area contributed by atoms with Crippen LogP contribution in [0.4, 0.5) is 0 Å². The van der Waals surface area contributed by atoms with Gasteiger partial charge < -0.3 is 0 Å². The van der Waals surface area contributed by atoms with Gasteiger partial charge in [0.05, 0.1) is 0 Å². The minimum absolute atomic E-state index is 0.0268. The van der Waals surface area contributed by atoms with E-state index in [-0.39, 0.29) is 5.78 Å².